The third-order valence-corrected chi connectivity index (χ3v) is 5.73. The van der Waals surface area contributed by atoms with Crippen LogP contribution in [-0.2, 0) is 0 Å². The molecule has 1 aliphatic rings. The van der Waals surface area contributed by atoms with Crippen LogP contribution in [-0.4, -0.2) is 24.0 Å². The molecule has 3 atom stereocenters. The van der Waals surface area contributed by atoms with Crippen molar-refractivity contribution in [3.63, 3.8) is 0 Å². The molecule has 1 fully saturated rings. The van der Waals surface area contributed by atoms with Gasteiger partial charge < -0.3 is 5.73 Å². The summed E-state index contributed by atoms with van der Waals surface area (Å²) < 4.78 is 1.17. The maximum Gasteiger partial charge on any atom is 0.0591 e. The van der Waals surface area contributed by atoms with Crippen LogP contribution in [0.25, 0.3) is 0 Å². The smallest absolute Gasteiger partial charge is 0.0591 e. The fourth-order valence-electron chi connectivity index (χ4n) is 2.87. The van der Waals surface area contributed by atoms with E-state index in [2.05, 4.69) is 53.0 Å². The molecule has 102 valence electrons. The molecule has 1 aromatic heterocycles. The normalized spacial score (nSPS) is 24.7. The third kappa shape index (κ3) is 3.16. The van der Waals surface area contributed by atoms with Crippen molar-refractivity contribution in [2.75, 3.05) is 13.1 Å². The predicted molar refractivity (Wildman–Crippen MR) is 82.9 cm³/mol. The highest BCUT2D eigenvalue weighted by molar-refractivity contribution is 9.10. The highest BCUT2D eigenvalue weighted by Crippen LogP contribution is 2.36. The Morgan fingerprint density at radius 3 is 2.61 bits per heavy atom. The molecule has 0 aromatic carbocycles. The van der Waals surface area contributed by atoms with Gasteiger partial charge in [0, 0.05) is 27.3 Å². The quantitative estimate of drug-likeness (QED) is 0.907. The molecule has 0 bridgehead atoms. The molecule has 2 nitrogen and oxygen atoms in total. The van der Waals surface area contributed by atoms with E-state index in [0.29, 0.717) is 6.04 Å². The van der Waals surface area contributed by atoms with E-state index in [1.165, 1.54) is 28.9 Å². The Morgan fingerprint density at radius 1 is 1.44 bits per heavy atom. The molecule has 18 heavy (non-hydrogen) atoms. The predicted octanol–water partition coefficient (Wildman–Crippen LogP) is 3.88. The van der Waals surface area contributed by atoms with E-state index >= 15 is 0 Å². The van der Waals surface area contributed by atoms with Gasteiger partial charge in [-0.15, -0.1) is 11.3 Å². The molecule has 3 unspecified atom stereocenters. The second-order valence-corrected chi connectivity index (χ2v) is 7.62. The number of rotatable bonds is 4. The van der Waals surface area contributed by atoms with Gasteiger partial charge in [-0.05, 0) is 53.7 Å². The van der Waals surface area contributed by atoms with E-state index in [1.54, 1.807) is 0 Å². The zero-order chi connectivity index (χ0) is 13.3. The molecule has 1 saturated heterocycles. The molecule has 4 heteroatoms. The van der Waals surface area contributed by atoms with Crippen molar-refractivity contribution in [3.05, 3.63) is 20.8 Å². The van der Waals surface area contributed by atoms with E-state index in [1.807, 2.05) is 11.3 Å². The van der Waals surface area contributed by atoms with Crippen LogP contribution >= 0.6 is 27.3 Å². The summed E-state index contributed by atoms with van der Waals surface area (Å²) in [5.41, 5.74) is 6.23. The first-order valence-corrected chi connectivity index (χ1v) is 8.40. The highest BCUT2D eigenvalue weighted by Gasteiger charge is 2.32. The molecule has 0 radical (unpaired) electrons. The Balaban J connectivity index is 2.12. The minimum absolute atomic E-state index is 0.182. The van der Waals surface area contributed by atoms with Gasteiger partial charge in [0.2, 0.25) is 0 Å². The van der Waals surface area contributed by atoms with Crippen molar-refractivity contribution in [1.29, 1.82) is 0 Å². The van der Waals surface area contributed by atoms with Gasteiger partial charge in [-0.1, -0.05) is 13.8 Å². The Morgan fingerprint density at radius 2 is 2.17 bits per heavy atom. The van der Waals surface area contributed by atoms with Crippen molar-refractivity contribution < 1.29 is 0 Å². The Kier molecular flexibility index (Phi) is 4.86. The van der Waals surface area contributed by atoms with Gasteiger partial charge in [0.05, 0.1) is 6.04 Å². The summed E-state index contributed by atoms with van der Waals surface area (Å²) in [7, 11) is 0. The maximum absolute atomic E-state index is 6.23. The van der Waals surface area contributed by atoms with Crippen molar-refractivity contribution in [3.8, 4) is 0 Å². The summed E-state index contributed by atoms with van der Waals surface area (Å²) in [6.45, 7) is 9.17. The first kappa shape index (κ1) is 14.5. The second kappa shape index (κ2) is 6.04. The maximum atomic E-state index is 6.23. The molecule has 0 saturated carbocycles. The monoisotopic (exact) mass is 330 g/mol. The molecule has 2 heterocycles. The van der Waals surface area contributed by atoms with Gasteiger partial charge >= 0.3 is 0 Å². The summed E-state index contributed by atoms with van der Waals surface area (Å²) >= 11 is 5.36. The molecule has 1 aromatic rings. The lowest BCUT2D eigenvalue weighted by molar-refractivity contribution is 0.207. The molecular weight excluding hydrogens is 308 g/mol. The zero-order valence-electron chi connectivity index (χ0n) is 11.4. The van der Waals surface area contributed by atoms with Crippen LogP contribution in [0.15, 0.2) is 15.9 Å². The summed E-state index contributed by atoms with van der Waals surface area (Å²) in [6, 6.07) is 2.79. The summed E-state index contributed by atoms with van der Waals surface area (Å²) in [4.78, 5) is 3.97. The van der Waals surface area contributed by atoms with Crippen LogP contribution in [0.1, 0.15) is 38.1 Å². The van der Waals surface area contributed by atoms with Crippen molar-refractivity contribution in [1.82, 2.24) is 4.90 Å². The third-order valence-electron chi connectivity index (χ3n) is 3.97. The van der Waals surface area contributed by atoms with Crippen LogP contribution in [0.2, 0.25) is 0 Å². The van der Waals surface area contributed by atoms with Crippen LogP contribution in [0.4, 0.5) is 0 Å². The van der Waals surface area contributed by atoms with Crippen LogP contribution in [0.3, 0.4) is 0 Å². The van der Waals surface area contributed by atoms with Gasteiger partial charge in [0.25, 0.3) is 0 Å². The lowest BCUT2D eigenvalue weighted by Gasteiger charge is -2.30. The number of thiophene rings is 1. The lowest BCUT2D eigenvalue weighted by Crippen LogP contribution is -2.38. The molecule has 0 spiro atoms. The number of halogens is 1. The molecule has 0 amide bonds. The Hall–Kier alpha value is 0.1000. The second-order valence-electron chi connectivity index (χ2n) is 5.76. The number of nitrogens with two attached hydrogens (primary N) is 1. The minimum atomic E-state index is 0.182. The van der Waals surface area contributed by atoms with Crippen LogP contribution in [0.5, 0.6) is 0 Å². The number of hydrogen-bond acceptors (Lipinski definition) is 3. The van der Waals surface area contributed by atoms with E-state index in [-0.39, 0.29) is 6.04 Å². The largest absolute Gasteiger partial charge is 0.326 e. The van der Waals surface area contributed by atoms with E-state index < -0.39 is 0 Å². The van der Waals surface area contributed by atoms with Crippen molar-refractivity contribution in [2.45, 2.75) is 39.3 Å². The lowest BCUT2D eigenvalue weighted by atomic mass is 9.95. The molecule has 1 aliphatic heterocycles. The minimum Gasteiger partial charge on any atom is -0.326 e. The highest BCUT2D eigenvalue weighted by atomic mass is 79.9. The molecule has 0 aliphatic carbocycles. The molecule has 2 rings (SSSR count). The number of likely N-dealkylation sites (tertiary alicyclic amines) is 1. The SMILES string of the molecule is CC(C)C1CCN(C(c2cc(Br)cs2)C(C)N)C1. The standard InChI is InChI=1S/C14H23BrN2S/c1-9(2)11-4-5-17(7-11)14(10(3)16)13-6-12(15)8-18-13/h6,8-11,14H,4-5,7,16H2,1-3H3. The number of nitrogens with zero attached hydrogens (tertiary/aromatic N) is 1. The van der Waals surface area contributed by atoms with Gasteiger partial charge in [-0.3, -0.25) is 4.90 Å². The fraction of sp³-hybridized carbons (Fsp3) is 0.714. The number of hydrogen-bond donors (Lipinski definition) is 1. The first-order chi connectivity index (χ1) is 8.49. The molecule has 2 N–H and O–H groups in total. The summed E-state index contributed by atoms with van der Waals surface area (Å²) in [5.74, 6) is 1.61. The molecular formula is C14H23BrN2S. The fourth-order valence-corrected chi connectivity index (χ4v) is 4.56. The van der Waals surface area contributed by atoms with E-state index in [9.17, 15) is 0 Å². The van der Waals surface area contributed by atoms with Crippen molar-refractivity contribution in [2.24, 2.45) is 17.6 Å². The average Bonchev–Trinajstić information content (AvgIpc) is 2.88. The average molecular weight is 331 g/mol. The van der Waals surface area contributed by atoms with E-state index in [4.69, 9.17) is 5.73 Å². The van der Waals surface area contributed by atoms with Gasteiger partial charge in [0.15, 0.2) is 0 Å². The van der Waals surface area contributed by atoms with Crippen LogP contribution in [0, 0.1) is 11.8 Å². The van der Waals surface area contributed by atoms with Gasteiger partial charge in [-0.2, -0.15) is 0 Å². The first-order valence-electron chi connectivity index (χ1n) is 6.72. The zero-order valence-corrected chi connectivity index (χ0v) is 13.8. The summed E-state index contributed by atoms with van der Waals surface area (Å²) in [6.07, 6.45) is 1.31. The Bertz CT molecular complexity index is 389. The Labute approximate surface area is 123 Å². The van der Waals surface area contributed by atoms with Crippen molar-refractivity contribution >= 4 is 27.3 Å². The topological polar surface area (TPSA) is 29.3 Å². The van der Waals surface area contributed by atoms with Crippen LogP contribution < -0.4 is 5.73 Å². The van der Waals surface area contributed by atoms with Gasteiger partial charge in [-0.25, -0.2) is 0 Å². The van der Waals surface area contributed by atoms with E-state index in [0.717, 1.165) is 11.8 Å². The van der Waals surface area contributed by atoms with Gasteiger partial charge in [0.1, 0.15) is 0 Å². The summed E-state index contributed by atoms with van der Waals surface area (Å²) in [5, 5.41) is 2.15.